The lowest BCUT2D eigenvalue weighted by atomic mass is 9.84. The Hall–Kier alpha value is -1.98. The van der Waals surface area contributed by atoms with Gasteiger partial charge in [0.15, 0.2) is 0 Å². The number of methoxy groups -OCH3 is 2. The summed E-state index contributed by atoms with van der Waals surface area (Å²) in [6.45, 7) is 1.61. The van der Waals surface area contributed by atoms with Crippen molar-refractivity contribution in [2.75, 3.05) is 34.0 Å². The smallest absolute Gasteiger partial charge is 0.143 e. The molecule has 1 saturated carbocycles. The number of benzene rings is 1. The predicted octanol–water partition coefficient (Wildman–Crippen LogP) is 4.02. The van der Waals surface area contributed by atoms with Crippen molar-refractivity contribution in [2.24, 2.45) is 11.8 Å². The molecule has 5 nitrogen and oxygen atoms in total. The summed E-state index contributed by atoms with van der Waals surface area (Å²) in [4.78, 5) is 24.2. The summed E-state index contributed by atoms with van der Waals surface area (Å²) in [5.74, 6) is 0.804. The number of aryl methyl sites for hydroxylation is 1. The van der Waals surface area contributed by atoms with Crippen LogP contribution in [0, 0.1) is 11.8 Å². The Labute approximate surface area is 173 Å². The molecule has 0 radical (unpaired) electrons. The molecule has 1 unspecified atom stereocenters. The summed E-state index contributed by atoms with van der Waals surface area (Å²) >= 11 is 0. The number of Topliss-reactive ketones (excluding diaryl/α,β-unsaturated/α-hetero) is 2. The number of fused-ring (bicyclic) bond motifs is 1. The van der Waals surface area contributed by atoms with Crippen molar-refractivity contribution in [3.8, 4) is 5.75 Å². The molecule has 0 aromatic heterocycles. The van der Waals surface area contributed by atoms with Crippen LogP contribution in [0.4, 0.5) is 0 Å². The van der Waals surface area contributed by atoms with E-state index in [0.717, 1.165) is 31.4 Å². The molecule has 3 rings (SSSR count). The number of ether oxygens (including phenoxy) is 3. The maximum Gasteiger partial charge on any atom is 0.143 e. The van der Waals surface area contributed by atoms with Crippen molar-refractivity contribution >= 4 is 17.1 Å². The second-order valence-electron chi connectivity index (χ2n) is 8.00. The number of carbonyl (C=O) groups is 2. The van der Waals surface area contributed by atoms with Crippen LogP contribution in [0.5, 0.6) is 5.75 Å². The molecule has 29 heavy (non-hydrogen) atoms. The fourth-order valence-corrected chi connectivity index (χ4v) is 4.34. The van der Waals surface area contributed by atoms with Gasteiger partial charge in [0, 0.05) is 26.6 Å². The van der Waals surface area contributed by atoms with E-state index in [0.29, 0.717) is 39.1 Å². The van der Waals surface area contributed by atoms with Crippen LogP contribution < -0.4 is 4.74 Å². The van der Waals surface area contributed by atoms with Gasteiger partial charge in [-0.2, -0.15) is 0 Å². The Bertz CT molecular complexity index is 736. The minimum Gasteiger partial charge on any atom is -0.497 e. The van der Waals surface area contributed by atoms with Crippen molar-refractivity contribution in [3.63, 3.8) is 0 Å². The number of allylic oxidation sites excluding steroid dienone is 2. The molecular formula is C24H32O5. The highest BCUT2D eigenvalue weighted by molar-refractivity contribution is 6.08. The minimum absolute atomic E-state index is 0.0969. The van der Waals surface area contributed by atoms with Gasteiger partial charge in [0.25, 0.3) is 0 Å². The van der Waals surface area contributed by atoms with Gasteiger partial charge in [0.1, 0.15) is 17.3 Å². The molecule has 1 fully saturated rings. The Balaban J connectivity index is 1.70. The fourth-order valence-electron chi connectivity index (χ4n) is 4.34. The van der Waals surface area contributed by atoms with E-state index in [1.165, 1.54) is 16.7 Å². The standard InChI is InChI=1S/C24H32O5/c1-27-12-13-29-16-17(14-22-23(25)10-11-24(22)26)6-7-18-4-3-5-19-15-20(28-2)8-9-21(18)19/h7-9,15,17,22H,3-6,10-14,16H2,1-2H3. The molecule has 2 aliphatic rings. The van der Waals surface area contributed by atoms with E-state index < -0.39 is 5.92 Å². The molecule has 158 valence electrons. The molecule has 1 aromatic rings. The van der Waals surface area contributed by atoms with Crippen LogP contribution >= 0.6 is 0 Å². The van der Waals surface area contributed by atoms with Gasteiger partial charge < -0.3 is 14.2 Å². The second-order valence-corrected chi connectivity index (χ2v) is 8.00. The first kappa shape index (κ1) is 21.7. The molecule has 0 bridgehead atoms. The van der Waals surface area contributed by atoms with E-state index in [2.05, 4.69) is 18.2 Å². The van der Waals surface area contributed by atoms with Crippen molar-refractivity contribution in [1.29, 1.82) is 0 Å². The average Bonchev–Trinajstić information content (AvgIpc) is 3.06. The number of hydrogen-bond donors (Lipinski definition) is 0. The zero-order valence-electron chi connectivity index (χ0n) is 17.6. The highest BCUT2D eigenvalue weighted by Crippen LogP contribution is 2.34. The first-order valence-electron chi connectivity index (χ1n) is 10.6. The highest BCUT2D eigenvalue weighted by atomic mass is 16.5. The van der Waals surface area contributed by atoms with Crippen molar-refractivity contribution in [1.82, 2.24) is 0 Å². The molecule has 0 saturated heterocycles. The summed E-state index contributed by atoms with van der Waals surface area (Å²) in [6, 6.07) is 6.29. The molecule has 1 aromatic carbocycles. The van der Waals surface area contributed by atoms with Gasteiger partial charge in [-0.1, -0.05) is 12.1 Å². The number of ketones is 2. The maximum atomic E-state index is 12.1. The van der Waals surface area contributed by atoms with Gasteiger partial charge in [-0.15, -0.1) is 0 Å². The SMILES string of the molecule is COCCOCC(CC=C1CCCc2cc(OC)ccc21)CC1C(=O)CCC1=O. The Morgan fingerprint density at radius 3 is 2.59 bits per heavy atom. The second kappa shape index (κ2) is 10.7. The van der Waals surface area contributed by atoms with Crippen LogP contribution in [0.15, 0.2) is 24.3 Å². The minimum atomic E-state index is -0.438. The van der Waals surface area contributed by atoms with E-state index >= 15 is 0 Å². The zero-order valence-corrected chi connectivity index (χ0v) is 17.6. The summed E-state index contributed by atoms with van der Waals surface area (Å²) in [5, 5.41) is 0. The van der Waals surface area contributed by atoms with E-state index in [4.69, 9.17) is 14.2 Å². The first-order chi connectivity index (χ1) is 14.1. The van der Waals surface area contributed by atoms with Gasteiger partial charge in [0.05, 0.1) is 26.2 Å². The molecular weight excluding hydrogens is 368 g/mol. The summed E-state index contributed by atoms with van der Waals surface area (Å²) in [5.41, 5.74) is 3.97. The molecule has 0 N–H and O–H groups in total. The molecule has 0 spiro atoms. The molecule has 0 amide bonds. The van der Waals surface area contributed by atoms with E-state index in [-0.39, 0.29) is 17.5 Å². The Kier molecular flexibility index (Phi) is 8.01. The Morgan fingerprint density at radius 1 is 1.07 bits per heavy atom. The normalized spacial score (nSPS) is 19.6. The lowest BCUT2D eigenvalue weighted by molar-refractivity contribution is -0.128. The predicted molar refractivity (Wildman–Crippen MR) is 112 cm³/mol. The summed E-state index contributed by atoms with van der Waals surface area (Å²) < 4.78 is 16.2. The maximum absolute atomic E-state index is 12.1. The molecule has 1 atom stereocenters. The van der Waals surface area contributed by atoms with Gasteiger partial charge in [-0.25, -0.2) is 0 Å². The van der Waals surface area contributed by atoms with E-state index in [9.17, 15) is 9.59 Å². The van der Waals surface area contributed by atoms with E-state index in [1.807, 2.05) is 6.07 Å². The van der Waals surface area contributed by atoms with Crippen LogP contribution in [-0.4, -0.2) is 45.6 Å². The van der Waals surface area contributed by atoms with Gasteiger partial charge in [-0.3, -0.25) is 9.59 Å². The largest absolute Gasteiger partial charge is 0.497 e. The molecule has 0 aliphatic heterocycles. The lowest BCUT2D eigenvalue weighted by Gasteiger charge is -2.22. The third-order valence-corrected chi connectivity index (χ3v) is 6.00. The topological polar surface area (TPSA) is 61.8 Å². The van der Waals surface area contributed by atoms with Crippen molar-refractivity contribution < 1.29 is 23.8 Å². The zero-order chi connectivity index (χ0) is 20.6. The quantitative estimate of drug-likeness (QED) is 0.438. The van der Waals surface area contributed by atoms with Crippen LogP contribution in [-0.2, 0) is 25.5 Å². The van der Waals surface area contributed by atoms with Gasteiger partial charge in [0.2, 0.25) is 0 Å². The van der Waals surface area contributed by atoms with Crippen LogP contribution in [0.1, 0.15) is 49.7 Å². The molecule has 2 aliphatic carbocycles. The van der Waals surface area contributed by atoms with Gasteiger partial charge >= 0.3 is 0 Å². The average molecular weight is 401 g/mol. The van der Waals surface area contributed by atoms with Gasteiger partial charge in [-0.05, 0) is 66.9 Å². The number of carbonyl (C=O) groups excluding carboxylic acids is 2. The highest BCUT2D eigenvalue weighted by Gasteiger charge is 2.34. The molecule has 5 heteroatoms. The monoisotopic (exact) mass is 400 g/mol. The van der Waals surface area contributed by atoms with Crippen molar-refractivity contribution in [3.05, 3.63) is 35.4 Å². The summed E-state index contributed by atoms with van der Waals surface area (Å²) in [7, 11) is 3.34. The summed E-state index contributed by atoms with van der Waals surface area (Å²) in [6.07, 6.45) is 7.73. The third kappa shape index (κ3) is 5.77. The van der Waals surface area contributed by atoms with Crippen molar-refractivity contribution in [2.45, 2.75) is 44.9 Å². The fraction of sp³-hybridized carbons (Fsp3) is 0.583. The van der Waals surface area contributed by atoms with Crippen LogP contribution in [0.2, 0.25) is 0 Å². The Morgan fingerprint density at radius 2 is 1.86 bits per heavy atom. The third-order valence-electron chi connectivity index (χ3n) is 6.00. The lowest BCUT2D eigenvalue weighted by Crippen LogP contribution is -2.22. The number of rotatable bonds is 10. The first-order valence-corrected chi connectivity index (χ1v) is 10.6. The molecule has 0 heterocycles. The van der Waals surface area contributed by atoms with E-state index in [1.54, 1.807) is 14.2 Å². The van der Waals surface area contributed by atoms with Crippen LogP contribution in [0.25, 0.3) is 5.57 Å². The number of hydrogen-bond acceptors (Lipinski definition) is 5. The van der Waals surface area contributed by atoms with Crippen LogP contribution in [0.3, 0.4) is 0 Å².